The van der Waals surface area contributed by atoms with Gasteiger partial charge < -0.3 is 14.2 Å². The van der Waals surface area contributed by atoms with Gasteiger partial charge in [0.05, 0.1) is 25.4 Å². The maximum absolute atomic E-state index is 10.9. The molecule has 0 heterocycles. The summed E-state index contributed by atoms with van der Waals surface area (Å²) in [5.41, 5.74) is 0.321. The van der Waals surface area contributed by atoms with E-state index in [0.717, 1.165) is 0 Å². The topological polar surface area (TPSA) is 44.8 Å². The molecule has 0 aliphatic rings. The van der Waals surface area contributed by atoms with Crippen LogP contribution in [-0.4, -0.2) is 26.1 Å². The first kappa shape index (κ1) is 13.4. The Hall–Kier alpha value is -1.71. The van der Waals surface area contributed by atoms with Gasteiger partial charge in [0.15, 0.2) is 11.5 Å². The van der Waals surface area contributed by atoms with Gasteiger partial charge in [-0.2, -0.15) is 0 Å². The lowest BCUT2D eigenvalue weighted by Crippen LogP contribution is -2.03. The van der Waals surface area contributed by atoms with E-state index < -0.39 is 0 Å². The fourth-order valence-corrected chi connectivity index (χ4v) is 1.46. The summed E-state index contributed by atoms with van der Waals surface area (Å²) in [5.74, 6) is 1.52. The van der Waals surface area contributed by atoms with Crippen LogP contribution in [0.4, 0.5) is 0 Å². The predicted octanol–water partition coefficient (Wildman–Crippen LogP) is 2.34. The van der Waals surface area contributed by atoms with E-state index in [1.165, 1.54) is 0 Å². The fourth-order valence-electron chi connectivity index (χ4n) is 1.46. The molecular formula is C13H17O4. The molecule has 0 atom stereocenters. The molecule has 0 aliphatic heterocycles. The summed E-state index contributed by atoms with van der Waals surface area (Å²) in [6.07, 6.45) is 1.84. The van der Waals surface area contributed by atoms with E-state index in [-0.39, 0.29) is 0 Å². The first-order valence-electron chi connectivity index (χ1n) is 5.71. The molecule has 17 heavy (non-hydrogen) atoms. The highest BCUT2D eigenvalue weighted by Crippen LogP contribution is 2.35. The van der Waals surface area contributed by atoms with Crippen LogP contribution in [0.1, 0.15) is 26.3 Å². The molecule has 93 valence electrons. The van der Waals surface area contributed by atoms with Crippen LogP contribution in [-0.2, 0) is 4.79 Å². The fraction of sp³-hybridized carbons (Fsp3) is 0.462. The molecule has 0 saturated heterocycles. The second-order valence-corrected chi connectivity index (χ2v) is 3.20. The van der Waals surface area contributed by atoms with Gasteiger partial charge in [-0.25, -0.2) is 0 Å². The minimum Gasteiger partial charge on any atom is -0.494 e. The van der Waals surface area contributed by atoms with Crippen LogP contribution in [0.15, 0.2) is 12.1 Å². The van der Waals surface area contributed by atoms with Crippen molar-refractivity contribution in [1.29, 1.82) is 0 Å². The zero-order chi connectivity index (χ0) is 12.7. The van der Waals surface area contributed by atoms with Crippen molar-refractivity contribution >= 4 is 6.29 Å². The van der Waals surface area contributed by atoms with Gasteiger partial charge in [0.25, 0.3) is 0 Å². The average molecular weight is 237 g/mol. The van der Waals surface area contributed by atoms with E-state index in [1.54, 1.807) is 12.1 Å². The summed E-state index contributed by atoms with van der Waals surface area (Å²) in [5, 5.41) is 0. The Morgan fingerprint density at radius 2 is 1.65 bits per heavy atom. The average Bonchev–Trinajstić information content (AvgIpc) is 2.33. The monoisotopic (exact) mass is 237 g/mol. The van der Waals surface area contributed by atoms with Crippen molar-refractivity contribution in [3.63, 3.8) is 0 Å². The molecule has 1 aromatic rings. The second-order valence-electron chi connectivity index (χ2n) is 3.20. The Kier molecular flexibility index (Phi) is 5.33. The molecule has 0 amide bonds. The smallest absolute Gasteiger partial charge is 0.237 e. The van der Waals surface area contributed by atoms with E-state index in [2.05, 4.69) is 0 Å². The Balaban J connectivity index is 3.18. The molecule has 0 aromatic heterocycles. The van der Waals surface area contributed by atoms with Gasteiger partial charge in [-0.05, 0) is 26.8 Å². The van der Waals surface area contributed by atoms with Crippen LogP contribution in [0.5, 0.6) is 17.2 Å². The Bertz CT molecular complexity index is 374. The van der Waals surface area contributed by atoms with Gasteiger partial charge in [-0.15, -0.1) is 0 Å². The summed E-state index contributed by atoms with van der Waals surface area (Å²) in [6, 6.07) is 3.32. The number of hydrogen-bond acceptors (Lipinski definition) is 4. The highest BCUT2D eigenvalue weighted by atomic mass is 16.5. The number of hydrogen-bond donors (Lipinski definition) is 0. The molecule has 0 saturated carbocycles. The zero-order valence-electron chi connectivity index (χ0n) is 10.4. The first-order chi connectivity index (χ1) is 8.26. The summed E-state index contributed by atoms with van der Waals surface area (Å²) in [6.45, 7) is 7.07. The second kappa shape index (κ2) is 6.78. The third-order valence-corrected chi connectivity index (χ3v) is 2.04. The summed E-state index contributed by atoms with van der Waals surface area (Å²) in [7, 11) is 0. The summed E-state index contributed by atoms with van der Waals surface area (Å²) in [4.78, 5) is 10.9. The van der Waals surface area contributed by atoms with Crippen molar-refractivity contribution in [2.75, 3.05) is 19.8 Å². The maximum Gasteiger partial charge on any atom is 0.237 e. The normalized spacial score (nSPS) is 9.82. The molecule has 1 rings (SSSR count). The van der Waals surface area contributed by atoms with Crippen LogP contribution in [0.25, 0.3) is 0 Å². The molecule has 4 nitrogen and oxygen atoms in total. The van der Waals surface area contributed by atoms with Crippen LogP contribution >= 0.6 is 0 Å². The molecule has 1 aromatic carbocycles. The van der Waals surface area contributed by atoms with Crippen LogP contribution in [0.2, 0.25) is 0 Å². The molecular weight excluding hydrogens is 220 g/mol. The van der Waals surface area contributed by atoms with Crippen LogP contribution < -0.4 is 14.2 Å². The Morgan fingerprint density at radius 3 is 2.18 bits per heavy atom. The van der Waals surface area contributed by atoms with Crippen molar-refractivity contribution in [1.82, 2.24) is 0 Å². The van der Waals surface area contributed by atoms with Gasteiger partial charge >= 0.3 is 0 Å². The lowest BCUT2D eigenvalue weighted by Gasteiger charge is -2.14. The van der Waals surface area contributed by atoms with Gasteiger partial charge in [0.1, 0.15) is 5.75 Å². The largest absolute Gasteiger partial charge is 0.494 e. The standard InChI is InChI=1S/C13H17O4/c1-4-15-11-7-10(9-14)13(17-6-3)12(8-11)16-5-2/h7-8H,4-6H2,1-3H3. The van der Waals surface area contributed by atoms with E-state index >= 15 is 0 Å². The highest BCUT2D eigenvalue weighted by molar-refractivity contribution is 5.82. The minimum atomic E-state index is 0.321. The van der Waals surface area contributed by atoms with Crippen molar-refractivity contribution < 1.29 is 19.0 Å². The number of rotatable bonds is 7. The number of ether oxygens (including phenoxy) is 3. The van der Waals surface area contributed by atoms with E-state index in [9.17, 15) is 4.79 Å². The first-order valence-corrected chi connectivity index (χ1v) is 5.71. The van der Waals surface area contributed by atoms with Gasteiger partial charge in [0.2, 0.25) is 6.29 Å². The van der Waals surface area contributed by atoms with Gasteiger partial charge in [0, 0.05) is 6.07 Å². The lowest BCUT2D eigenvalue weighted by atomic mass is 10.2. The summed E-state index contributed by atoms with van der Waals surface area (Å²) < 4.78 is 16.2. The SMILES string of the molecule is CCOc1cc([C]=O)c(OCC)c(OCC)c1. The molecule has 0 fully saturated rings. The van der Waals surface area contributed by atoms with Crippen molar-refractivity contribution in [2.45, 2.75) is 20.8 Å². The lowest BCUT2D eigenvalue weighted by molar-refractivity contribution is 0.282. The summed E-state index contributed by atoms with van der Waals surface area (Å²) >= 11 is 0. The van der Waals surface area contributed by atoms with Crippen molar-refractivity contribution in [3.05, 3.63) is 17.7 Å². The van der Waals surface area contributed by atoms with Crippen LogP contribution in [0.3, 0.4) is 0 Å². The predicted molar refractivity (Wildman–Crippen MR) is 64.7 cm³/mol. The molecule has 0 bridgehead atoms. The van der Waals surface area contributed by atoms with Crippen molar-refractivity contribution in [3.8, 4) is 17.2 Å². The molecule has 0 aliphatic carbocycles. The maximum atomic E-state index is 10.9. The van der Waals surface area contributed by atoms with Gasteiger partial charge in [-0.3, -0.25) is 4.79 Å². The number of benzene rings is 1. The third kappa shape index (κ3) is 3.37. The minimum absolute atomic E-state index is 0.321. The molecule has 4 heteroatoms. The highest BCUT2D eigenvalue weighted by Gasteiger charge is 2.14. The molecule has 1 radical (unpaired) electrons. The van der Waals surface area contributed by atoms with Crippen LogP contribution in [0, 0.1) is 0 Å². The van der Waals surface area contributed by atoms with Gasteiger partial charge in [-0.1, -0.05) is 0 Å². The third-order valence-electron chi connectivity index (χ3n) is 2.04. The molecule has 0 unspecified atom stereocenters. The molecule has 0 spiro atoms. The molecule has 0 N–H and O–H groups in total. The van der Waals surface area contributed by atoms with Crippen molar-refractivity contribution in [2.24, 2.45) is 0 Å². The quantitative estimate of drug-likeness (QED) is 0.730. The zero-order valence-corrected chi connectivity index (χ0v) is 10.4. The van der Waals surface area contributed by atoms with E-state index in [0.29, 0.717) is 42.6 Å². The number of carbonyl (C=O) groups excluding carboxylic acids is 1. The van der Waals surface area contributed by atoms with E-state index in [4.69, 9.17) is 14.2 Å². The van der Waals surface area contributed by atoms with E-state index in [1.807, 2.05) is 27.1 Å². The Labute approximate surface area is 101 Å². The Morgan fingerprint density at radius 1 is 1.00 bits per heavy atom.